The number of pyridine rings is 1. The number of aromatic nitrogens is 2. The second-order valence-electron chi connectivity index (χ2n) is 11.7. The molecule has 37 heavy (non-hydrogen) atoms. The van der Waals surface area contributed by atoms with Gasteiger partial charge in [-0.3, -0.25) is 4.57 Å². The summed E-state index contributed by atoms with van der Waals surface area (Å²) in [7, 11) is -0.514. The summed E-state index contributed by atoms with van der Waals surface area (Å²) in [5, 5.41) is 0.879. The van der Waals surface area contributed by atoms with Gasteiger partial charge in [0.05, 0.1) is 35.6 Å². The van der Waals surface area contributed by atoms with Crippen molar-refractivity contribution in [3.63, 3.8) is 0 Å². The van der Waals surface area contributed by atoms with Gasteiger partial charge in [-0.05, 0) is 72.1 Å². The molecule has 196 valence electrons. The molecule has 0 N–H and O–H groups in total. The minimum absolute atomic E-state index is 0.434. The molecule has 0 spiro atoms. The number of carbonyl (C=O) groups is 1. The molecule has 0 atom stereocenters. The predicted molar refractivity (Wildman–Crippen MR) is 146 cm³/mol. The number of hydrogen-bond donors (Lipinski definition) is 0. The first-order chi connectivity index (χ1) is 17.3. The van der Waals surface area contributed by atoms with Crippen LogP contribution < -0.4 is 10.4 Å². The highest BCUT2D eigenvalue weighted by molar-refractivity contribution is 6.62. The molecule has 0 radical (unpaired) electrons. The molecule has 1 aromatic carbocycles. The van der Waals surface area contributed by atoms with Gasteiger partial charge in [0, 0.05) is 30.2 Å². The molecule has 0 unspecified atom stereocenters. The molecule has 2 aliphatic heterocycles. The first-order valence-corrected chi connectivity index (χ1v) is 12.9. The van der Waals surface area contributed by atoms with Crippen molar-refractivity contribution in [2.24, 2.45) is 0 Å². The Morgan fingerprint density at radius 2 is 1.70 bits per heavy atom. The normalized spacial score (nSPS) is 19.4. The van der Waals surface area contributed by atoms with E-state index in [4.69, 9.17) is 23.8 Å². The van der Waals surface area contributed by atoms with Crippen LogP contribution in [0.4, 0.5) is 10.6 Å². The zero-order chi connectivity index (χ0) is 26.6. The summed E-state index contributed by atoms with van der Waals surface area (Å²) in [4.78, 5) is 20.4. The molecule has 9 heteroatoms. The lowest BCUT2D eigenvalue weighted by Crippen LogP contribution is -2.41. The molecule has 2 fully saturated rings. The van der Waals surface area contributed by atoms with E-state index in [2.05, 4.69) is 4.90 Å². The van der Waals surface area contributed by atoms with E-state index in [9.17, 15) is 4.79 Å². The van der Waals surface area contributed by atoms with E-state index in [1.54, 1.807) is 4.57 Å². The second-order valence-corrected chi connectivity index (χ2v) is 11.7. The Morgan fingerprint density at radius 3 is 2.35 bits per heavy atom. The fourth-order valence-electron chi connectivity index (χ4n) is 4.58. The van der Waals surface area contributed by atoms with Gasteiger partial charge in [-0.15, -0.1) is 0 Å². The van der Waals surface area contributed by atoms with E-state index < -0.39 is 30.0 Å². The zero-order valence-corrected chi connectivity index (χ0v) is 22.8. The number of nitrogens with zero attached hydrogens (tertiary/aromatic N) is 3. The highest BCUT2D eigenvalue weighted by Gasteiger charge is 2.51. The number of fused-ring (bicyclic) bond motifs is 1. The summed E-state index contributed by atoms with van der Waals surface area (Å²) in [5.74, 6) is 0.890. The minimum Gasteiger partial charge on any atom is -0.443 e. The van der Waals surface area contributed by atoms with Crippen molar-refractivity contribution in [3.8, 4) is 11.3 Å². The summed E-state index contributed by atoms with van der Waals surface area (Å²) in [5.41, 5.74) is 1.72. The Balaban J connectivity index is 1.61. The van der Waals surface area contributed by atoms with Crippen molar-refractivity contribution in [1.82, 2.24) is 9.55 Å². The Bertz CT molecular complexity index is 1310. The number of hydrogen-bond acceptors (Lipinski definition) is 7. The molecule has 2 aromatic heterocycles. The van der Waals surface area contributed by atoms with Gasteiger partial charge in [-0.25, -0.2) is 9.78 Å². The third-order valence-corrected chi connectivity index (χ3v) is 7.29. The predicted octanol–water partition coefficient (Wildman–Crippen LogP) is 4.62. The number of rotatable bonds is 3. The molecule has 0 saturated carbocycles. The number of ether oxygens (including phenoxy) is 2. The van der Waals surface area contributed by atoms with E-state index in [0.29, 0.717) is 13.2 Å². The van der Waals surface area contributed by atoms with Crippen molar-refractivity contribution < 1.29 is 23.6 Å². The summed E-state index contributed by atoms with van der Waals surface area (Å²) >= 11 is 0. The van der Waals surface area contributed by atoms with Crippen LogP contribution in [0.2, 0.25) is 0 Å². The Labute approximate surface area is 219 Å². The molecule has 0 aliphatic carbocycles. The lowest BCUT2D eigenvalue weighted by molar-refractivity contribution is 0.00578. The summed E-state index contributed by atoms with van der Waals surface area (Å²) in [6, 6.07) is 11.9. The Kier molecular flexibility index (Phi) is 6.37. The molecule has 0 bridgehead atoms. The van der Waals surface area contributed by atoms with Crippen LogP contribution in [0, 0.1) is 0 Å². The monoisotopic (exact) mass is 505 g/mol. The van der Waals surface area contributed by atoms with Gasteiger partial charge in [0.25, 0.3) is 0 Å². The summed E-state index contributed by atoms with van der Waals surface area (Å²) in [6.45, 7) is 16.7. The Morgan fingerprint density at radius 1 is 1.03 bits per heavy atom. The van der Waals surface area contributed by atoms with E-state index in [-0.39, 0.29) is 0 Å². The van der Waals surface area contributed by atoms with Gasteiger partial charge in [0.15, 0.2) is 0 Å². The first-order valence-electron chi connectivity index (χ1n) is 12.9. The number of benzene rings is 1. The maximum atomic E-state index is 13.2. The van der Waals surface area contributed by atoms with Gasteiger partial charge in [-0.2, -0.15) is 0 Å². The van der Waals surface area contributed by atoms with Crippen molar-refractivity contribution in [3.05, 3.63) is 42.6 Å². The third kappa shape index (κ3) is 5.00. The lowest BCUT2D eigenvalue weighted by atomic mass is 9.78. The van der Waals surface area contributed by atoms with Crippen LogP contribution in [-0.2, 0) is 18.8 Å². The molecule has 8 nitrogen and oxygen atoms in total. The van der Waals surface area contributed by atoms with Crippen LogP contribution in [0.25, 0.3) is 22.2 Å². The van der Waals surface area contributed by atoms with Crippen molar-refractivity contribution in [1.29, 1.82) is 0 Å². The fourth-order valence-corrected chi connectivity index (χ4v) is 4.58. The number of morpholine rings is 1. The zero-order valence-electron chi connectivity index (χ0n) is 22.8. The standard InChI is InChI=1S/C28H36BN3O5/c1-26(2,3)35-25(33)32-18-21(22-9-8-10-24(30-22)31-13-15-34-16-14-31)20-17-19(11-12-23(20)32)29-36-27(4,5)28(6,7)37-29/h8-12,17-18H,13-16H2,1-7H3. The molecule has 0 amide bonds. The topological polar surface area (TPSA) is 75.1 Å². The van der Waals surface area contributed by atoms with Gasteiger partial charge >= 0.3 is 13.2 Å². The second kappa shape index (κ2) is 9.15. The fraction of sp³-hybridized carbons (Fsp3) is 0.500. The first kappa shape index (κ1) is 25.8. The van der Waals surface area contributed by atoms with Gasteiger partial charge in [-0.1, -0.05) is 18.2 Å². The van der Waals surface area contributed by atoms with Crippen LogP contribution in [0.1, 0.15) is 48.5 Å². The number of carbonyl (C=O) groups excluding carboxylic acids is 1. The van der Waals surface area contributed by atoms with Crippen LogP contribution in [0.5, 0.6) is 0 Å². The highest BCUT2D eigenvalue weighted by Crippen LogP contribution is 2.37. The van der Waals surface area contributed by atoms with E-state index in [1.807, 2.05) is 91.1 Å². The molecular weight excluding hydrogens is 469 g/mol. The van der Waals surface area contributed by atoms with E-state index in [1.165, 1.54) is 0 Å². The molecule has 3 aromatic rings. The van der Waals surface area contributed by atoms with Crippen LogP contribution in [0.3, 0.4) is 0 Å². The van der Waals surface area contributed by atoms with Crippen molar-refractivity contribution >= 4 is 35.4 Å². The number of anilines is 1. The molecular formula is C28H36BN3O5. The highest BCUT2D eigenvalue weighted by atomic mass is 16.7. The van der Waals surface area contributed by atoms with Crippen LogP contribution >= 0.6 is 0 Å². The summed E-state index contributed by atoms with van der Waals surface area (Å²) < 4.78 is 25.4. The summed E-state index contributed by atoms with van der Waals surface area (Å²) in [6.07, 6.45) is 1.38. The van der Waals surface area contributed by atoms with Crippen molar-refractivity contribution in [2.45, 2.75) is 65.3 Å². The molecule has 2 saturated heterocycles. The Hall–Kier alpha value is -2.88. The quantitative estimate of drug-likeness (QED) is 0.481. The van der Waals surface area contributed by atoms with Gasteiger partial charge < -0.3 is 23.7 Å². The van der Waals surface area contributed by atoms with Crippen molar-refractivity contribution in [2.75, 3.05) is 31.2 Å². The van der Waals surface area contributed by atoms with E-state index >= 15 is 0 Å². The molecule has 4 heterocycles. The average Bonchev–Trinajstić information content (AvgIpc) is 3.32. The minimum atomic E-state index is -0.620. The molecule has 5 rings (SSSR count). The maximum absolute atomic E-state index is 13.2. The largest absolute Gasteiger partial charge is 0.494 e. The maximum Gasteiger partial charge on any atom is 0.494 e. The van der Waals surface area contributed by atoms with E-state index in [0.717, 1.165) is 46.5 Å². The van der Waals surface area contributed by atoms with Crippen LogP contribution in [-0.4, -0.2) is 65.9 Å². The lowest BCUT2D eigenvalue weighted by Gasteiger charge is -2.32. The third-order valence-electron chi connectivity index (χ3n) is 7.29. The SMILES string of the molecule is CC(C)(C)OC(=O)n1cc(-c2cccc(N3CCOCC3)n2)c2cc(B3OC(C)(C)C(C)(C)O3)ccc21. The van der Waals surface area contributed by atoms with Gasteiger partial charge in [0.2, 0.25) is 0 Å². The van der Waals surface area contributed by atoms with Crippen LogP contribution in [0.15, 0.2) is 42.6 Å². The molecule has 2 aliphatic rings. The average molecular weight is 505 g/mol. The smallest absolute Gasteiger partial charge is 0.443 e. The van der Waals surface area contributed by atoms with Gasteiger partial charge in [0.1, 0.15) is 11.4 Å².